The lowest BCUT2D eigenvalue weighted by Gasteiger charge is -2.35. The van der Waals surface area contributed by atoms with Crippen molar-refractivity contribution in [2.75, 3.05) is 20.3 Å². The van der Waals surface area contributed by atoms with Gasteiger partial charge in [0.05, 0.1) is 18.8 Å². The van der Waals surface area contributed by atoms with Crippen LogP contribution in [0.15, 0.2) is 0 Å². The lowest BCUT2D eigenvalue weighted by atomic mass is 9.89. The summed E-state index contributed by atoms with van der Waals surface area (Å²) in [5.74, 6) is 0. The quantitative estimate of drug-likeness (QED) is 0.507. The molecular weight excluding hydrogens is 158 g/mol. The van der Waals surface area contributed by atoms with E-state index in [9.17, 15) is 0 Å². The molecule has 1 aliphatic rings. The first kappa shape index (κ1) is 9.92. The zero-order valence-corrected chi connectivity index (χ0v) is 7.36. The molecule has 1 atom stereocenters. The average molecular weight is 175 g/mol. The fraction of sp³-hybridized carbons (Fsp3) is 1.00. The van der Waals surface area contributed by atoms with Crippen molar-refractivity contribution >= 4 is 0 Å². The van der Waals surface area contributed by atoms with Crippen LogP contribution >= 0.6 is 0 Å². The van der Waals surface area contributed by atoms with Crippen LogP contribution in [0, 0.1) is 0 Å². The Bertz CT molecular complexity index is 125. The van der Waals surface area contributed by atoms with Crippen LogP contribution in [0.25, 0.3) is 0 Å². The molecule has 1 unspecified atom stereocenters. The van der Waals surface area contributed by atoms with Crippen LogP contribution in [0.5, 0.6) is 0 Å². The fourth-order valence-corrected chi connectivity index (χ4v) is 1.29. The molecule has 0 aliphatic heterocycles. The monoisotopic (exact) mass is 175 g/mol. The first-order valence-corrected chi connectivity index (χ1v) is 4.31. The number of rotatable bonds is 5. The third-order valence-corrected chi connectivity index (χ3v) is 2.28. The van der Waals surface area contributed by atoms with Crippen molar-refractivity contribution in [2.45, 2.75) is 31.1 Å². The van der Waals surface area contributed by atoms with Gasteiger partial charge in [0.25, 0.3) is 0 Å². The molecule has 0 saturated heterocycles. The van der Waals surface area contributed by atoms with Gasteiger partial charge in [-0.05, 0) is 12.8 Å². The maximum Gasteiger partial charge on any atom is 0.0895 e. The number of ether oxygens (including phenoxy) is 1. The van der Waals surface area contributed by atoms with Crippen LogP contribution < -0.4 is 5.32 Å². The molecule has 4 heteroatoms. The third kappa shape index (κ3) is 2.71. The van der Waals surface area contributed by atoms with E-state index < -0.39 is 6.10 Å². The summed E-state index contributed by atoms with van der Waals surface area (Å²) in [6, 6.07) is 0.455. The average Bonchev–Trinajstić information content (AvgIpc) is 2.01. The van der Waals surface area contributed by atoms with Gasteiger partial charge in [-0.1, -0.05) is 0 Å². The highest BCUT2D eigenvalue weighted by atomic mass is 16.5. The van der Waals surface area contributed by atoms with Crippen molar-refractivity contribution in [3.63, 3.8) is 0 Å². The zero-order valence-electron chi connectivity index (χ0n) is 7.36. The number of hydrogen-bond donors (Lipinski definition) is 3. The van der Waals surface area contributed by atoms with E-state index in [4.69, 9.17) is 14.9 Å². The van der Waals surface area contributed by atoms with Gasteiger partial charge in [-0.25, -0.2) is 0 Å². The smallest absolute Gasteiger partial charge is 0.0895 e. The SMILES string of the molecule is COC1CC(NCC(O)CO)C1. The summed E-state index contributed by atoms with van der Waals surface area (Å²) in [5.41, 5.74) is 0. The second-order valence-electron chi connectivity index (χ2n) is 3.27. The van der Waals surface area contributed by atoms with Gasteiger partial charge < -0.3 is 20.3 Å². The molecular formula is C8H17NO3. The minimum atomic E-state index is -0.633. The summed E-state index contributed by atoms with van der Waals surface area (Å²) in [6.07, 6.45) is 1.77. The van der Waals surface area contributed by atoms with Crippen LogP contribution in [-0.2, 0) is 4.74 Å². The standard InChI is InChI=1S/C8H17NO3/c1-12-8-2-6(3-8)9-4-7(11)5-10/h6-11H,2-5H2,1H3. The number of aliphatic hydroxyl groups excluding tert-OH is 2. The highest BCUT2D eigenvalue weighted by Crippen LogP contribution is 2.22. The second-order valence-corrected chi connectivity index (χ2v) is 3.27. The van der Waals surface area contributed by atoms with E-state index in [1.54, 1.807) is 7.11 Å². The molecule has 1 aliphatic carbocycles. The van der Waals surface area contributed by atoms with Gasteiger partial charge in [-0.3, -0.25) is 0 Å². The number of methoxy groups -OCH3 is 1. The molecule has 72 valence electrons. The summed E-state index contributed by atoms with van der Waals surface area (Å²) >= 11 is 0. The van der Waals surface area contributed by atoms with Crippen LogP contribution in [0.4, 0.5) is 0 Å². The molecule has 0 aromatic heterocycles. The highest BCUT2D eigenvalue weighted by molar-refractivity contribution is 4.86. The minimum Gasteiger partial charge on any atom is -0.394 e. The van der Waals surface area contributed by atoms with Gasteiger partial charge in [0.15, 0.2) is 0 Å². The maximum absolute atomic E-state index is 9.01. The molecule has 4 nitrogen and oxygen atoms in total. The largest absolute Gasteiger partial charge is 0.394 e. The van der Waals surface area contributed by atoms with E-state index in [2.05, 4.69) is 5.32 Å². The molecule has 0 aromatic carbocycles. The van der Waals surface area contributed by atoms with Gasteiger partial charge in [0.2, 0.25) is 0 Å². The molecule has 0 aromatic rings. The second kappa shape index (κ2) is 4.77. The van der Waals surface area contributed by atoms with Gasteiger partial charge in [0.1, 0.15) is 0 Å². The lowest BCUT2D eigenvalue weighted by molar-refractivity contribution is 0.0110. The molecule has 0 amide bonds. The number of aliphatic hydroxyl groups is 2. The normalized spacial score (nSPS) is 31.2. The molecule has 1 fully saturated rings. The highest BCUT2D eigenvalue weighted by Gasteiger charge is 2.28. The predicted octanol–water partition coefficient (Wildman–Crippen LogP) is -0.893. The van der Waals surface area contributed by atoms with Crippen molar-refractivity contribution in [2.24, 2.45) is 0 Å². The molecule has 12 heavy (non-hydrogen) atoms. The van der Waals surface area contributed by atoms with Gasteiger partial charge in [-0.2, -0.15) is 0 Å². The Balaban J connectivity index is 1.96. The van der Waals surface area contributed by atoms with E-state index in [0.717, 1.165) is 12.8 Å². The molecule has 1 rings (SSSR count). The number of nitrogens with one attached hydrogen (secondary N) is 1. The van der Waals surface area contributed by atoms with Crippen molar-refractivity contribution in [3.05, 3.63) is 0 Å². The van der Waals surface area contributed by atoms with E-state index in [-0.39, 0.29) is 6.61 Å². The summed E-state index contributed by atoms with van der Waals surface area (Å²) in [5, 5.41) is 20.7. The van der Waals surface area contributed by atoms with Crippen molar-refractivity contribution in [3.8, 4) is 0 Å². The van der Waals surface area contributed by atoms with E-state index >= 15 is 0 Å². The van der Waals surface area contributed by atoms with E-state index in [1.807, 2.05) is 0 Å². The molecule has 0 radical (unpaired) electrons. The first-order valence-electron chi connectivity index (χ1n) is 4.31. The molecule has 3 N–H and O–H groups in total. The van der Waals surface area contributed by atoms with E-state index in [0.29, 0.717) is 18.7 Å². The van der Waals surface area contributed by atoms with Gasteiger partial charge in [-0.15, -0.1) is 0 Å². The van der Waals surface area contributed by atoms with Crippen LogP contribution in [0.3, 0.4) is 0 Å². The molecule has 0 spiro atoms. The Labute approximate surface area is 72.5 Å². The Hall–Kier alpha value is -0.160. The number of hydrogen-bond acceptors (Lipinski definition) is 4. The first-order chi connectivity index (χ1) is 5.76. The topological polar surface area (TPSA) is 61.7 Å². The fourth-order valence-electron chi connectivity index (χ4n) is 1.29. The Kier molecular flexibility index (Phi) is 3.94. The van der Waals surface area contributed by atoms with Gasteiger partial charge in [0, 0.05) is 19.7 Å². The Morgan fingerprint density at radius 2 is 2.25 bits per heavy atom. The maximum atomic E-state index is 9.01. The summed E-state index contributed by atoms with van der Waals surface area (Å²) in [4.78, 5) is 0. The van der Waals surface area contributed by atoms with Crippen LogP contribution in [0.2, 0.25) is 0 Å². The molecule has 0 bridgehead atoms. The Morgan fingerprint density at radius 1 is 1.58 bits per heavy atom. The molecule has 0 heterocycles. The Morgan fingerprint density at radius 3 is 2.75 bits per heavy atom. The zero-order chi connectivity index (χ0) is 8.97. The van der Waals surface area contributed by atoms with Crippen molar-refractivity contribution in [1.29, 1.82) is 0 Å². The van der Waals surface area contributed by atoms with Gasteiger partial charge >= 0.3 is 0 Å². The predicted molar refractivity (Wildman–Crippen MR) is 44.9 cm³/mol. The summed E-state index contributed by atoms with van der Waals surface area (Å²) in [7, 11) is 1.71. The summed E-state index contributed by atoms with van der Waals surface area (Å²) in [6.45, 7) is 0.297. The lowest BCUT2D eigenvalue weighted by Crippen LogP contribution is -2.47. The van der Waals surface area contributed by atoms with Crippen LogP contribution in [0.1, 0.15) is 12.8 Å². The van der Waals surface area contributed by atoms with Crippen molar-refractivity contribution < 1.29 is 14.9 Å². The molecule has 1 saturated carbocycles. The van der Waals surface area contributed by atoms with E-state index in [1.165, 1.54) is 0 Å². The minimum absolute atomic E-state index is 0.173. The van der Waals surface area contributed by atoms with Crippen molar-refractivity contribution in [1.82, 2.24) is 5.32 Å². The van der Waals surface area contributed by atoms with Crippen LogP contribution in [-0.4, -0.2) is 48.7 Å². The third-order valence-electron chi connectivity index (χ3n) is 2.28. The summed E-state index contributed by atoms with van der Waals surface area (Å²) < 4.78 is 5.10.